The van der Waals surface area contributed by atoms with Gasteiger partial charge in [0.2, 0.25) is 0 Å². The molecule has 0 bridgehead atoms. The van der Waals surface area contributed by atoms with Crippen molar-refractivity contribution in [1.82, 2.24) is 16.2 Å². The normalized spacial score (nSPS) is 36.8. The first kappa shape index (κ1) is 9.92. The molecule has 0 spiro atoms. The van der Waals surface area contributed by atoms with E-state index in [2.05, 4.69) is 16.2 Å². The molecule has 0 amide bonds. The van der Waals surface area contributed by atoms with Crippen LogP contribution in [0.15, 0.2) is 0 Å². The zero-order chi connectivity index (χ0) is 8.97. The van der Waals surface area contributed by atoms with Crippen LogP contribution in [0.1, 0.15) is 19.3 Å². The Labute approximate surface area is 74.2 Å². The van der Waals surface area contributed by atoms with Crippen LogP contribution < -0.4 is 21.9 Å². The van der Waals surface area contributed by atoms with E-state index >= 15 is 0 Å². The summed E-state index contributed by atoms with van der Waals surface area (Å²) in [6, 6.07) is 1.14. The predicted octanol–water partition coefficient (Wildman–Crippen LogP) is -0.822. The lowest BCUT2D eigenvalue weighted by Gasteiger charge is -2.36. The maximum Gasteiger partial charge on any atom is 0.0384 e. The third-order valence-electron chi connectivity index (χ3n) is 2.61. The van der Waals surface area contributed by atoms with Crippen LogP contribution >= 0.6 is 0 Å². The summed E-state index contributed by atoms with van der Waals surface area (Å²) < 4.78 is 0. The van der Waals surface area contributed by atoms with E-state index in [-0.39, 0.29) is 6.04 Å². The van der Waals surface area contributed by atoms with Crippen LogP contribution in [0.5, 0.6) is 0 Å². The summed E-state index contributed by atoms with van der Waals surface area (Å²) in [4.78, 5) is 0. The largest absolute Gasteiger partial charge is 0.326 e. The van der Waals surface area contributed by atoms with Crippen LogP contribution in [0, 0.1) is 0 Å². The van der Waals surface area contributed by atoms with Crippen molar-refractivity contribution >= 4 is 0 Å². The second-order valence-corrected chi connectivity index (χ2v) is 3.41. The van der Waals surface area contributed by atoms with Crippen LogP contribution in [0.2, 0.25) is 0 Å². The van der Waals surface area contributed by atoms with Crippen molar-refractivity contribution in [3.05, 3.63) is 0 Å². The first-order valence-corrected chi connectivity index (χ1v) is 4.64. The molecule has 0 aliphatic heterocycles. The van der Waals surface area contributed by atoms with Gasteiger partial charge in [0.05, 0.1) is 0 Å². The molecule has 1 rings (SSSR count). The maximum atomic E-state index is 5.98. The van der Waals surface area contributed by atoms with E-state index in [0.717, 1.165) is 6.42 Å². The van der Waals surface area contributed by atoms with Gasteiger partial charge in [-0.1, -0.05) is 6.42 Å². The number of rotatable bonds is 3. The van der Waals surface area contributed by atoms with Crippen LogP contribution in [-0.2, 0) is 0 Å². The fraction of sp³-hybridized carbons (Fsp3) is 1.00. The van der Waals surface area contributed by atoms with Crippen molar-refractivity contribution in [1.29, 1.82) is 0 Å². The van der Waals surface area contributed by atoms with Gasteiger partial charge in [-0.3, -0.25) is 10.9 Å². The highest BCUT2D eigenvalue weighted by molar-refractivity contribution is 4.92. The third kappa shape index (κ3) is 2.17. The van der Waals surface area contributed by atoms with Gasteiger partial charge in [-0.15, -0.1) is 0 Å². The van der Waals surface area contributed by atoms with Crippen molar-refractivity contribution in [3.8, 4) is 0 Å². The van der Waals surface area contributed by atoms with E-state index in [4.69, 9.17) is 5.73 Å². The van der Waals surface area contributed by atoms with E-state index in [1.165, 1.54) is 12.8 Å². The topological polar surface area (TPSA) is 62.1 Å². The average Bonchev–Trinajstić information content (AvgIpc) is 2.05. The Kier molecular flexibility index (Phi) is 3.94. The Balaban J connectivity index is 2.45. The van der Waals surface area contributed by atoms with Gasteiger partial charge in [-0.25, -0.2) is 0 Å². The SMILES string of the molecule is CNNC1CCCC(N)[C@@H]1NC. The summed E-state index contributed by atoms with van der Waals surface area (Å²) >= 11 is 0. The number of nitrogens with two attached hydrogens (primary N) is 1. The van der Waals surface area contributed by atoms with E-state index in [9.17, 15) is 0 Å². The van der Waals surface area contributed by atoms with Gasteiger partial charge in [0.25, 0.3) is 0 Å². The number of nitrogens with one attached hydrogen (secondary N) is 3. The lowest BCUT2D eigenvalue weighted by molar-refractivity contribution is 0.249. The first-order valence-electron chi connectivity index (χ1n) is 4.64. The molecule has 0 aromatic carbocycles. The molecule has 4 nitrogen and oxygen atoms in total. The Morgan fingerprint density at radius 1 is 1.25 bits per heavy atom. The Morgan fingerprint density at radius 2 is 2.00 bits per heavy atom. The summed E-state index contributed by atoms with van der Waals surface area (Å²) in [7, 11) is 3.87. The molecule has 0 aromatic heterocycles. The van der Waals surface area contributed by atoms with Crippen molar-refractivity contribution in [2.24, 2.45) is 5.73 Å². The maximum absolute atomic E-state index is 5.98. The fourth-order valence-electron chi connectivity index (χ4n) is 1.99. The molecule has 1 fully saturated rings. The van der Waals surface area contributed by atoms with Gasteiger partial charge >= 0.3 is 0 Å². The molecular weight excluding hydrogens is 152 g/mol. The summed E-state index contributed by atoms with van der Waals surface area (Å²) in [6.45, 7) is 0. The van der Waals surface area contributed by atoms with E-state index in [1.807, 2.05) is 14.1 Å². The lowest BCUT2D eigenvalue weighted by atomic mass is 9.87. The third-order valence-corrected chi connectivity index (χ3v) is 2.61. The molecule has 0 radical (unpaired) electrons. The van der Waals surface area contributed by atoms with Gasteiger partial charge in [-0.2, -0.15) is 0 Å². The monoisotopic (exact) mass is 172 g/mol. The van der Waals surface area contributed by atoms with Gasteiger partial charge in [0.1, 0.15) is 0 Å². The molecule has 0 saturated heterocycles. The summed E-state index contributed by atoms with van der Waals surface area (Å²) in [6.07, 6.45) is 3.55. The Hall–Kier alpha value is -0.160. The van der Waals surface area contributed by atoms with Crippen molar-refractivity contribution in [2.45, 2.75) is 37.4 Å². The minimum absolute atomic E-state index is 0.287. The summed E-state index contributed by atoms with van der Waals surface area (Å²) in [5.41, 5.74) is 12.2. The van der Waals surface area contributed by atoms with Gasteiger partial charge in [-0.05, 0) is 26.9 Å². The molecule has 0 aromatic rings. The smallest absolute Gasteiger partial charge is 0.0384 e. The number of likely N-dealkylation sites (N-methyl/N-ethyl adjacent to an activating group) is 1. The fourth-order valence-corrected chi connectivity index (χ4v) is 1.99. The molecule has 1 aliphatic rings. The zero-order valence-electron chi connectivity index (χ0n) is 7.93. The van der Waals surface area contributed by atoms with Crippen LogP contribution in [0.4, 0.5) is 0 Å². The molecule has 5 N–H and O–H groups in total. The van der Waals surface area contributed by atoms with Gasteiger partial charge < -0.3 is 11.1 Å². The lowest BCUT2D eigenvalue weighted by Crippen LogP contribution is -2.60. The summed E-state index contributed by atoms with van der Waals surface area (Å²) in [5, 5.41) is 3.26. The molecule has 3 atom stereocenters. The van der Waals surface area contributed by atoms with Crippen molar-refractivity contribution in [2.75, 3.05) is 14.1 Å². The Bertz CT molecular complexity index is 126. The van der Waals surface area contributed by atoms with Crippen LogP contribution in [0.25, 0.3) is 0 Å². The highest BCUT2D eigenvalue weighted by atomic mass is 15.4. The second-order valence-electron chi connectivity index (χ2n) is 3.41. The van der Waals surface area contributed by atoms with Crippen molar-refractivity contribution < 1.29 is 0 Å². The molecule has 2 unspecified atom stereocenters. The molecule has 1 saturated carbocycles. The molecule has 12 heavy (non-hydrogen) atoms. The standard InChI is InChI=1S/C8H20N4/c1-10-8-6(9)4-3-5-7(8)12-11-2/h6-8,10-12H,3-5,9H2,1-2H3/t6?,7?,8-/m0/s1. The van der Waals surface area contributed by atoms with Crippen LogP contribution in [0.3, 0.4) is 0 Å². The zero-order valence-corrected chi connectivity index (χ0v) is 7.93. The first-order chi connectivity index (χ1) is 5.79. The average molecular weight is 172 g/mol. The predicted molar refractivity (Wildman–Crippen MR) is 50.7 cm³/mol. The van der Waals surface area contributed by atoms with E-state index in [1.54, 1.807) is 0 Å². The highest BCUT2D eigenvalue weighted by Gasteiger charge is 2.29. The number of hydrazine groups is 1. The van der Waals surface area contributed by atoms with Crippen molar-refractivity contribution in [3.63, 3.8) is 0 Å². The second kappa shape index (κ2) is 4.77. The number of hydrogen-bond acceptors (Lipinski definition) is 4. The highest BCUT2D eigenvalue weighted by Crippen LogP contribution is 2.16. The molecular formula is C8H20N4. The quantitative estimate of drug-likeness (QED) is 0.420. The summed E-state index contributed by atoms with van der Waals surface area (Å²) in [5.74, 6) is 0. The van der Waals surface area contributed by atoms with E-state index < -0.39 is 0 Å². The van der Waals surface area contributed by atoms with Gasteiger partial charge in [0.15, 0.2) is 0 Å². The molecule has 0 heterocycles. The van der Waals surface area contributed by atoms with E-state index in [0.29, 0.717) is 12.1 Å². The minimum Gasteiger partial charge on any atom is -0.326 e. The molecule has 1 aliphatic carbocycles. The molecule has 4 heteroatoms. The van der Waals surface area contributed by atoms with Crippen LogP contribution in [-0.4, -0.2) is 32.2 Å². The number of hydrogen-bond donors (Lipinski definition) is 4. The Morgan fingerprint density at radius 3 is 2.58 bits per heavy atom. The van der Waals surface area contributed by atoms with Gasteiger partial charge in [0, 0.05) is 18.1 Å². The minimum atomic E-state index is 0.287. The molecule has 72 valence electrons.